The molecule has 0 bridgehead atoms. The van der Waals surface area contributed by atoms with Crippen molar-refractivity contribution in [1.29, 1.82) is 0 Å². The number of carbonyl (C=O) groups excluding carboxylic acids is 1. The van der Waals surface area contributed by atoms with E-state index in [1.54, 1.807) is 4.90 Å². The molecule has 1 rings (SSSR count). The van der Waals surface area contributed by atoms with Gasteiger partial charge in [0.15, 0.2) is 0 Å². The molecule has 70 valence electrons. The van der Waals surface area contributed by atoms with Crippen LogP contribution in [0.1, 0.15) is 12.8 Å². The summed E-state index contributed by atoms with van der Waals surface area (Å²) in [4.78, 5) is 12.0. The molecule has 0 aromatic heterocycles. The topological polar surface area (TPSA) is 60.8 Å². The highest BCUT2D eigenvalue weighted by Crippen LogP contribution is 2.29. The van der Waals surface area contributed by atoms with E-state index in [-0.39, 0.29) is 18.6 Å². The minimum atomic E-state index is -0.348. The van der Waals surface area contributed by atoms with Gasteiger partial charge >= 0.3 is 0 Å². The van der Waals surface area contributed by atoms with Gasteiger partial charge in [0.1, 0.15) is 0 Å². The van der Waals surface area contributed by atoms with Crippen LogP contribution < -0.4 is 0 Å². The summed E-state index contributed by atoms with van der Waals surface area (Å²) in [5.41, 5.74) is -0.348. The van der Waals surface area contributed by atoms with Gasteiger partial charge in [0.05, 0.1) is 13.2 Å². The lowest BCUT2D eigenvalue weighted by atomic mass is 9.80. The molecule has 1 aliphatic rings. The van der Waals surface area contributed by atoms with Crippen LogP contribution in [0.2, 0.25) is 0 Å². The van der Waals surface area contributed by atoms with Crippen molar-refractivity contribution < 1.29 is 15.0 Å². The van der Waals surface area contributed by atoms with Crippen LogP contribution in [0.4, 0.5) is 0 Å². The molecular weight excluding hydrogens is 158 g/mol. The molecule has 0 unspecified atom stereocenters. The Bertz CT molecular complexity index is 146. The second-order valence-corrected chi connectivity index (χ2v) is 3.46. The van der Waals surface area contributed by atoms with Crippen molar-refractivity contribution in [3.63, 3.8) is 0 Å². The van der Waals surface area contributed by atoms with E-state index in [1.165, 1.54) is 0 Å². The van der Waals surface area contributed by atoms with Crippen molar-refractivity contribution in [2.45, 2.75) is 12.8 Å². The van der Waals surface area contributed by atoms with E-state index in [9.17, 15) is 4.79 Å². The fourth-order valence-corrected chi connectivity index (χ4v) is 1.47. The Balaban J connectivity index is 2.47. The van der Waals surface area contributed by atoms with E-state index < -0.39 is 0 Å². The van der Waals surface area contributed by atoms with Crippen LogP contribution in [0.5, 0.6) is 0 Å². The Hall–Kier alpha value is -0.610. The van der Waals surface area contributed by atoms with Crippen molar-refractivity contribution in [1.82, 2.24) is 4.90 Å². The van der Waals surface area contributed by atoms with E-state index in [2.05, 4.69) is 0 Å². The summed E-state index contributed by atoms with van der Waals surface area (Å²) in [5, 5.41) is 18.1. The SMILES string of the molecule is O=CN1CCC(CO)(CO)CC1. The minimum absolute atomic E-state index is 0.0101. The number of aliphatic hydroxyl groups excluding tert-OH is 2. The summed E-state index contributed by atoms with van der Waals surface area (Å²) >= 11 is 0. The molecule has 1 saturated heterocycles. The molecule has 1 aliphatic heterocycles. The maximum atomic E-state index is 10.3. The van der Waals surface area contributed by atoms with Gasteiger partial charge < -0.3 is 15.1 Å². The maximum Gasteiger partial charge on any atom is 0.209 e. The standard InChI is InChI=1S/C8H15NO3/c10-5-8(6-11)1-3-9(7-12)4-2-8/h7,10-11H,1-6H2. The van der Waals surface area contributed by atoms with Crippen molar-refractivity contribution >= 4 is 6.41 Å². The Morgan fingerprint density at radius 2 is 1.75 bits per heavy atom. The van der Waals surface area contributed by atoms with Crippen LogP contribution in [0.15, 0.2) is 0 Å². The number of hydrogen-bond acceptors (Lipinski definition) is 3. The third-order valence-electron chi connectivity index (χ3n) is 2.68. The quantitative estimate of drug-likeness (QED) is 0.550. The lowest BCUT2D eigenvalue weighted by molar-refractivity contribution is -0.121. The highest BCUT2D eigenvalue weighted by molar-refractivity contribution is 5.47. The third kappa shape index (κ3) is 1.76. The molecule has 1 fully saturated rings. The van der Waals surface area contributed by atoms with E-state index >= 15 is 0 Å². The van der Waals surface area contributed by atoms with Crippen molar-refractivity contribution in [2.24, 2.45) is 5.41 Å². The summed E-state index contributed by atoms with van der Waals surface area (Å²) in [5.74, 6) is 0. The van der Waals surface area contributed by atoms with Gasteiger partial charge in [-0.25, -0.2) is 0 Å². The van der Waals surface area contributed by atoms with Gasteiger partial charge in [-0.05, 0) is 12.8 Å². The number of amides is 1. The first kappa shape index (κ1) is 9.48. The second kappa shape index (κ2) is 3.87. The van der Waals surface area contributed by atoms with Crippen LogP contribution in [0, 0.1) is 5.41 Å². The van der Waals surface area contributed by atoms with Gasteiger partial charge in [-0.15, -0.1) is 0 Å². The van der Waals surface area contributed by atoms with Gasteiger partial charge in [0.25, 0.3) is 0 Å². The van der Waals surface area contributed by atoms with Crippen LogP contribution >= 0.6 is 0 Å². The fraction of sp³-hybridized carbons (Fsp3) is 0.875. The van der Waals surface area contributed by atoms with Gasteiger partial charge in [0.2, 0.25) is 6.41 Å². The number of carbonyl (C=O) groups is 1. The highest BCUT2D eigenvalue weighted by atomic mass is 16.3. The lowest BCUT2D eigenvalue weighted by Gasteiger charge is -2.37. The molecular formula is C8H15NO3. The van der Waals surface area contributed by atoms with Gasteiger partial charge in [-0.1, -0.05) is 0 Å². The van der Waals surface area contributed by atoms with Gasteiger partial charge in [-0.3, -0.25) is 4.79 Å². The van der Waals surface area contributed by atoms with E-state index in [4.69, 9.17) is 10.2 Å². The van der Waals surface area contributed by atoms with Crippen LogP contribution in [-0.2, 0) is 4.79 Å². The number of nitrogens with zero attached hydrogens (tertiary/aromatic N) is 1. The number of rotatable bonds is 3. The first-order chi connectivity index (χ1) is 5.76. The Labute approximate surface area is 71.8 Å². The normalized spacial score (nSPS) is 22.3. The smallest absolute Gasteiger partial charge is 0.209 e. The zero-order valence-corrected chi connectivity index (χ0v) is 7.07. The van der Waals surface area contributed by atoms with E-state index in [1.807, 2.05) is 0 Å². The van der Waals surface area contributed by atoms with Crippen molar-refractivity contribution in [3.05, 3.63) is 0 Å². The molecule has 0 radical (unpaired) electrons. The van der Waals surface area contributed by atoms with Crippen LogP contribution in [0.3, 0.4) is 0 Å². The van der Waals surface area contributed by atoms with Crippen LogP contribution in [-0.4, -0.2) is 47.8 Å². The number of likely N-dealkylation sites (tertiary alicyclic amines) is 1. The van der Waals surface area contributed by atoms with Gasteiger partial charge in [0, 0.05) is 18.5 Å². The molecule has 12 heavy (non-hydrogen) atoms. The van der Waals surface area contributed by atoms with Gasteiger partial charge in [-0.2, -0.15) is 0 Å². The average Bonchev–Trinajstić information content (AvgIpc) is 2.18. The zero-order chi connectivity index (χ0) is 9.03. The summed E-state index contributed by atoms with van der Waals surface area (Å²) in [6, 6.07) is 0. The summed E-state index contributed by atoms with van der Waals surface area (Å²) < 4.78 is 0. The van der Waals surface area contributed by atoms with E-state index in [0.29, 0.717) is 25.9 Å². The zero-order valence-electron chi connectivity index (χ0n) is 7.07. The molecule has 4 heteroatoms. The fourth-order valence-electron chi connectivity index (χ4n) is 1.47. The number of aliphatic hydroxyl groups is 2. The monoisotopic (exact) mass is 173 g/mol. The summed E-state index contributed by atoms with van der Waals surface area (Å²) in [6.07, 6.45) is 2.20. The van der Waals surface area contributed by atoms with Crippen LogP contribution in [0.25, 0.3) is 0 Å². The van der Waals surface area contributed by atoms with E-state index in [0.717, 1.165) is 6.41 Å². The Kier molecular flexibility index (Phi) is 3.05. The highest BCUT2D eigenvalue weighted by Gasteiger charge is 2.32. The molecule has 0 aromatic carbocycles. The number of piperidine rings is 1. The lowest BCUT2D eigenvalue weighted by Crippen LogP contribution is -2.43. The second-order valence-electron chi connectivity index (χ2n) is 3.46. The third-order valence-corrected chi connectivity index (χ3v) is 2.68. The largest absolute Gasteiger partial charge is 0.396 e. The molecule has 1 heterocycles. The van der Waals surface area contributed by atoms with Crippen molar-refractivity contribution in [2.75, 3.05) is 26.3 Å². The number of hydrogen-bond donors (Lipinski definition) is 2. The molecule has 0 aromatic rings. The summed E-state index contributed by atoms with van der Waals surface area (Å²) in [6.45, 7) is 1.31. The molecule has 4 nitrogen and oxygen atoms in total. The van der Waals surface area contributed by atoms with Crippen molar-refractivity contribution in [3.8, 4) is 0 Å². The predicted molar refractivity (Wildman–Crippen MR) is 43.5 cm³/mol. The molecule has 0 spiro atoms. The first-order valence-electron chi connectivity index (χ1n) is 4.17. The maximum absolute atomic E-state index is 10.3. The molecule has 1 amide bonds. The Morgan fingerprint density at radius 3 is 2.08 bits per heavy atom. The Morgan fingerprint density at radius 1 is 1.25 bits per heavy atom. The molecule has 2 N–H and O–H groups in total. The molecule has 0 aliphatic carbocycles. The first-order valence-corrected chi connectivity index (χ1v) is 4.17. The predicted octanol–water partition coefficient (Wildman–Crippen LogP) is -0.790. The average molecular weight is 173 g/mol. The molecule has 0 saturated carbocycles. The molecule has 0 atom stereocenters. The summed E-state index contributed by atoms with van der Waals surface area (Å²) in [7, 11) is 0. The minimum Gasteiger partial charge on any atom is -0.396 e.